The topological polar surface area (TPSA) is 100 Å². The van der Waals surface area contributed by atoms with E-state index in [0.29, 0.717) is 36.2 Å². The molecule has 0 saturated heterocycles. The van der Waals surface area contributed by atoms with Gasteiger partial charge in [0.15, 0.2) is 17.3 Å². The molecule has 1 N–H and O–H groups in total. The van der Waals surface area contributed by atoms with E-state index in [-0.39, 0.29) is 18.0 Å². The number of aromatic nitrogens is 4. The van der Waals surface area contributed by atoms with E-state index in [1.807, 2.05) is 19.9 Å². The normalized spacial score (nSPS) is 12.6. The Kier molecular flexibility index (Phi) is 4.56. The fourth-order valence-electron chi connectivity index (χ4n) is 2.98. The summed E-state index contributed by atoms with van der Waals surface area (Å²) in [5, 5.41) is 11.4. The first kappa shape index (κ1) is 17.8. The molecule has 0 radical (unpaired) electrons. The number of nitrogens with zero attached hydrogens (tertiary/aromatic N) is 4. The van der Waals surface area contributed by atoms with E-state index in [2.05, 4.69) is 15.5 Å². The summed E-state index contributed by atoms with van der Waals surface area (Å²) in [6, 6.07) is 10.00. The van der Waals surface area contributed by atoms with E-state index in [1.54, 1.807) is 28.9 Å². The van der Waals surface area contributed by atoms with E-state index in [0.717, 1.165) is 16.1 Å². The highest BCUT2D eigenvalue weighted by atomic mass is 16.6. The molecule has 0 atom stereocenters. The van der Waals surface area contributed by atoms with Gasteiger partial charge in [0.05, 0.1) is 5.69 Å². The average Bonchev–Trinajstić information content (AvgIpc) is 3.01. The number of hydrogen-bond donors (Lipinski definition) is 1. The van der Waals surface area contributed by atoms with Crippen LogP contribution in [0.3, 0.4) is 0 Å². The van der Waals surface area contributed by atoms with Crippen LogP contribution in [0.2, 0.25) is 0 Å². The van der Waals surface area contributed by atoms with E-state index in [4.69, 9.17) is 9.47 Å². The summed E-state index contributed by atoms with van der Waals surface area (Å²) < 4.78 is 13.7. The zero-order valence-corrected chi connectivity index (χ0v) is 15.5. The van der Waals surface area contributed by atoms with Crippen molar-refractivity contribution in [2.24, 2.45) is 0 Å². The van der Waals surface area contributed by atoms with Gasteiger partial charge in [-0.3, -0.25) is 9.59 Å². The lowest BCUT2D eigenvalue weighted by Crippen LogP contribution is -2.30. The highest BCUT2D eigenvalue weighted by Crippen LogP contribution is 2.32. The molecule has 4 rings (SSSR count). The minimum Gasteiger partial charge on any atom is -0.486 e. The van der Waals surface area contributed by atoms with Gasteiger partial charge in [0, 0.05) is 23.5 Å². The minimum absolute atomic E-state index is 0.222. The highest BCUT2D eigenvalue weighted by molar-refractivity contribution is 5.90. The van der Waals surface area contributed by atoms with Crippen molar-refractivity contribution in [1.29, 1.82) is 0 Å². The molecular formula is C19H19N5O4. The maximum atomic E-state index is 12.4. The Balaban J connectivity index is 1.52. The number of benzene rings is 1. The van der Waals surface area contributed by atoms with Crippen LogP contribution >= 0.6 is 0 Å². The van der Waals surface area contributed by atoms with Crippen LogP contribution in [0.1, 0.15) is 11.4 Å². The second kappa shape index (κ2) is 7.18. The third-order valence-corrected chi connectivity index (χ3v) is 4.20. The molecule has 9 heteroatoms. The number of carbonyl (C=O) groups is 1. The molecule has 2 aromatic heterocycles. The fraction of sp³-hybridized carbons (Fsp3) is 0.263. The third kappa shape index (κ3) is 3.59. The van der Waals surface area contributed by atoms with Crippen LogP contribution in [0.15, 0.2) is 41.2 Å². The highest BCUT2D eigenvalue weighted by Gasteiger charge is 2.14. The summed E-state index contributed by atoms with van der Waals surface area (Å²) in [6.45, 7) is 4.51. The Hall–Kier alpha value is -3.62. The van der Waals surface area contributed by atoms with Gasteiger partial charge in [-0.2, -0.15) is 5.10 Å². The fourth-order valence-corrected chi connectivity index (χ4v) is 2.98. The molecule has 1 aliphatic heterocycles. The second-order valence-electron chi connectivity index (χ2n) is 6.43. The van der Waals surface area contributed by atoms with Crippen molar-refractivity contribution >= 4 is 11.6 Å². The molecule has 3 aromatic rings. The molecule has 1 aliphatic rings. The largest absolute Gasteiger partial charge is 0.486 e. The van der Waals surface area contributed by atoms with Gasteiger partial charge in [0.2, 0.25) is 5.91 Å². The van der Waals surface area contributed by atoms with Crippen molar-refractivity contribution in [3.05, 3.63) is 58.1 Å². The maximum absolute atomic E-state index is 12.4. The van der Waals surface area contributed by atoms with Gasteiger partial charge in [-0.05, 0) is 38.1 Å². The van der Waals surface area contributed by atoms with Crippen molar-refractivity contribution in [1.82, 2.24) is 19.6 Å². The van der Waals surface area contributed by atoms with Crippen molar-refractivity contribution in [2.45, 2.75) is 20.4 Å². The molecule has 0 unspecified atom stereocenters. The van der Waals surface area contributed by atoms with Crippen LogP contribution in [0, 0.1) is 13.8 Å². The van der Waals surface area contributed by atoms with Gasteiger partial charge in [-0.15, -0.1) is 5.10 Å². The van der Waals surface area contributed by atoms with Crippen molar-refractivity contribution in [3.63, 3.8) is 0 Å². The summed E-state index contributed by atoms with van der Waals surface area (Å²) in [6.07, 6.45) is 0. The average molecular weight is 381 g/mol. The zero-order chi connectivity index (χ0) is 19.7. The molecule has 144 valence electrons. The summed E-state index contributed by atoms with van der Waals surface area (Å²) in [7, 11) is 0. The smallest absolute Gasteiger partial charge is 0.267 e. The van der Waals surface area contributed by atoms with Gasteiger partial charge in [0.25, 0.3) is 5.56 Å². The lowest BCUT2D eigenvalue weighted by Gasteiger charge is -2.19. The van der Waals surface area contributed by atoms with E-state index in [9.17, 15) is 9.59 Å². The monoisotopic (exact) mass is 381 g/mol. The van der Waals surface area contributed by atoms with Crippen LogP contribution in [0.4, 0.5) is 5.69 Å². The summed E-state index contributed by atoms with van der Waals surface area (Å²) in [5.74, 6) is 1.31. The standard InChI is InChI=1S/C19H19N5O4/c1-12-9-13(2)24(21-12)17-5-6-19(26)23(22-17)11-18(25)20-14-3-4-15-16(10-14)28-8-7-27-15/h3-6,9-10H,7-8,11H2,1-2H3,(H,20,25). The van der Waals surface area contributed by atoms with Crippen LogP contribution in [-0.4, -0.2) is 38.7 Å². The first-order valence-corrected chi connectivity index (χ1v) is 8.81. The Bertz CT molecular complexity index is 1100. The van der Waals surface area contributed by atoms with Gasteiger partial charge < -0.3 is 14.8 Å². The number of anilines is 1. The van der Waals surface area contributed by atoms with Gasteiger partial charge in [0.1, 0.15) is 19.8 Å². The van der Waals surface area contributed by atoms with Crippen LogP contribution in [0.5, 0.6) is 11.5 Å². The number of rotatable bonds is 4. The number of amides is 1. The molecule has 9 nitrogen and oxygen atoms in total. The Labute approximate surface area is 160 Å². The van der Waals surface area contributed by atoms with Crippen molar-refractivity contribution < 1.29 is 14.3 Å². The first-order valence-electron chi connectivity index (χ1n) is 8.81. The van der Waals surface area contributed by atoms with Gasteiger partial charge in [-0.1, -0.05) is 0 Å². The molecular weight excluding hydrogens is 362 g/mol. The SMILES string of the molecule is Cc1cc(C)n(-c2ccc(=O)n(CC(=O)Nc3ccc4c(c3)OCCO4)n2)n1. The Morgan fingerprint density at radius 2 is 1.86 bits per heavy atom. The predicted octanol–water partition coefficient (Wildman–Crippen LogP) is 1.46. The number of aryl methyl sites for hydroxylation is 2. The van der Waals surface area contributed by atoms with Gasteiger partial charge >= 0.3 is 0 Å². The first-order chi connectivity index (χ1) is 13.5. The summed E-state index contributed by atoms with van der Waals surface area (Å²) >= 11 is 0. The van der Waals surface area contributed by atoms with Crippen molar-refractivity contribution in [3.8, 4) is 17.3 Å². The molecule has 3 heterocycles. The third-order valence-electron chi connectivity index (χ3n) is 4.20. The molecule has 0 saturated carbocycles. The maximum Gasteiger partial charge on any atom is 0.267 e. The lowest BCUT2D eigenvalue weighted by molar-refractivity contribution is -0.117. The number of hydrogen-bond acceptors (Lipinski definition) is 6. The molecule has 0 bridgehead atoms. The van der Waals surface area contributed by atoms with Crippen molar-refractivity contribution in [2.75, 3.05) is 18.5 Å². The van der Waals surface area contributed by atoms with E-state index < -0.39 is 0 Å². The van der Waals surface area contributed by atoms with E-state index in [1.165, 1.54) is 6.07 Å². The van der Waals surface area contributed by atoms with Crippen LogP contribution < -0.4 is 20.3 Å². The number of ether oxygens (including phenoxy) is 2. The molecule has 0 spiro atoms. The molecule has 28 heavy (non-hydrogen) atoms. The zero-order valence-electron chi connectivity index (χ0n) is 15.5. The summed E-state index contributed by atoms with van der Waals surface area (Å²) in [5.41, 5.74) is 1.91. The molecule has 1 amide bonds. The predicted molar refractivity (Wildman–Crippen MR) is 101 cm³/mol. The summed E-state index contributed by atoms with van der Waals surface area (Å²) in [4.78, 5) is 24.5. The van der Waals surface area contributed by atoms with E-state index >= 15 is 0 Å². The van der Waals surface area contributed by atoms with Crippen LogP contribution in [0.25, 0.3) is 5.82 Å². The molecule has 1 aromatic carbocycles. The number of carbonyl (C=O) groups excluding carboxylic acids is 1. The number of fused-ring (bicyclic) bond motifs is 1. The van der Waals surface area contributed by atoms with Crippen LogP contribution in [-0.2, 0) is 11.3 Å². The second-order valence-corrected chi connectivity index (χ2v) is 6.43. The minimum atomic E-state index is -0.378. The Morgan fingerprint density at radius 3 is 2.61 bits per heavy atom. The quantitative estimate of drug-likeness (QED) is 0.734. The van der Waals surface area contributed by atoms with Gasteiger partial charge in [-0.25, -0.2) is 9.36 Å². The molecule has 0 aliphatic carbocycles. The molecule has 0 fully saturated rings. The lowest BCUT2D eigenvalue weighted by atomic mass is 10.2. The number of nitrogens with one attached hydrogen (secondary N) is 1. The Morgan fingerprint density at radius 1 is 1.07 bits per heavy atom.